The monoisotopic (exact) mass is 602 g/mol. The van der Waals surface area contributed by atoms with Gasteiger partial charge in [-0.25, -0.2) is 8.42 Å². The number of ether oxygens (including phenoxy) is 1. The lowest BCUT2D eigenvalue weighted by molar-refractivity contribution is -0.138. The fourth-order valence-electron chi connectivity index (χ4n) is 3.54. The number of sulfone groups is 1. The van der Waals surface area contributed by atoms with Gasteiger partial charge in [0.2, 0.25) is 0 Å². The van der Waals surface area contributed by atoms with Crippen molar-refractivity contribution < 1.29 is 32.6 Å². The van der Waals surface area contributed by atoms with Gasteiger partial charge in [-0.15, -0.1) is 0 Å². The Labute approximate surface area is 240 Å². The van der Waals surface area contributed by atoms with Crippen LogP contribution in [0.1, 0.15) is 32.6 Å². The molecule has 0 aliphatic carbocycles. The van der Waals surface area contributed by atoms with Crippen molar-refractivity contribution >= 4 is 50.7 Å². The minimum atomic E-state index is -3.66. The quantitative estimate of drug-likeness (QED) is 0.123. The molecule has 13 nitrogen and oxygen atoms in total. The molecule has 0 saturated heterocycles. The van der Waals surface area contributed by atoms with Gasteiger partial charge in [-0.1, -0.05) is 29.8 Å². The number of benzene rings is 2. The van der Waals surface area contributed by atoms with Crippen LogP contribution >= 0.6 is 11.6 Å². The second kappa shape index (κ2) is 13.6. The van der Waals surface area contributed by atoms with Gasteiger partial charge in [0.15, 0.2) is 21.8 Å². The van der Waals surface area contributed by atoms with Crippen LogP contribution in [0.3, 0.4) is 0 Å². The number of amides is 2. The van der Waals surface area contributed by atoms with E-state index in [0.29, 0.717) is 11.1 Å². The fraction of sp³-hybridized carbons (Fsp3) is 0.192. The molecule has 1 unspecified atom stereocenters. The van der Waals surface area contributed by atoms with Crippen LogP contribution in [0.4, 0.5) is 5.69 Å². The smallest absolute Gasteiger partial charge is 0.322 e. The standard InChI is InChI=1S/C26H27ClN6O7S/c1-41(38,39)26(20-4-2-3-7-30-20)33-19-9-17(8-18(27)11-19)25(37)32-12-16-6-5-15(24(28)29)10-21(16)40-14-22(34)31-13-23(35)36/h2-11,26,33H,12-14H2,1H3,(H3,28,29)(H,31,34)(H,32,37)(H,35,36). The van der Waals surface area contributed by atoms with Crippen LogP contribution in [0, 0.1) is 5.41 Å². The summed E-state index contributed by atoms with van der Waals surface area (Å²) in [5.74, 6) is -2.57. The lowest BCUT2D eigenvalue weighted by Crippen LogP contribution is -2.33. The van der Waals surface area contributed by atoms with E-state index in [0.717, 1.165) is 6.26 Å². The molecule has 7 N–H and O–H groups in total. The van der Waals surface area contributed by atoms with Crippen molar-refractivity contribution in [2.75, 3.05) is 24.7 Å². The average molecular weight is 603 g/mol. The molecule has 0 aliphatic heterocycles. The number of hydrogen-bond donors (Lipinski definition) is 6. The predicted octanol–water partition coefficient (Wildman–Crippen LogP) is 1.68. The van der Waals surface area contributed by atoms with Crippen LogP contribution in [0.25, 0.3) is 0 Å². The Morgan fingerprint density at radius 3 is 2.49 bits per heavy atom. The highest BCUT2D eigenvalue weighted by Gasteiger charge is 2.24. The molecular weight excluding hydrogens is 576 g/mol. The Bertz CT molecular complexity index is 1570. The molecular formula is C26H27ClN6O7S. The topological polar surface area (TPSA) is 214 Å². The first-order valence-corrected chi connectivity index (χ1v) is 14.2. The molecule has 2 aromatic carbocycles. The first-order valence-electron chi connectivity index (χ1n) is 11.9. The highest BCUT2D eigenvalue weighted by molar-refractivity contribution is 7.91. The van der Waals surface area contributed by atoms with Gasteiger partial charge < -0.3 is 31.5 Å². The Hall–Kier alpha value is -4.69. The third kappa shape index (κ3) is 9.19. The molecule has 0 spiro atoms. The molecule has 0 saturated carbocycles. The SMILES string of the molecule is CS(=O)(=O)C(Nc1cc(Cl)cc(C(=O)NCc2ccc(C(=N)N)cc2OCC(=O)NCC(=O)O)c1)c1ccccn1. The molecule has 1 atom stereocenters. The van der Waals surface area contributed by atoms with Crippen molar-refractivity contribution in [2.45, 2.75) is 11.9 Å². The van der Waals surface area contributed by atoms with Crippen molar-refractivity contribution in [1.82, 2.24) is 15.6 Å². The van der Waals surface area contributed by atoms with E-state index >= 15 is 0 Å². The number of carboxylic acid groups (broad SMARTS) is 1. The summed E-state index contributed by atoms with van der Waals surface area (Å²) in [7, 11) is -3.66. The van der Waals surface area contributed by atoms with Crippen LogP contribution < -0.4 is 26.4 Å². The van der Waals surface area contributed by atoms with E-state index in [9.17, 15) is 22.8 Å². The highest BCUT2D eigenvalue weighted by Crippen LogP contribution is 2.27. The number of anilines is 1. The van der Waals surface area contributed by atoms with Gasteiger partial charge in [0, 0.05) is 46.4 Å². The Kier molecular flexibility index (Phi) is 10.2. The number of nitrogen functional groups attached to an aromatic ring is 1. The molecule has 1 aromatic heterocycles. The second-order valence-corrected chi connectivity index (χ2v) is 11.3. The zero-order valence-electron chi connectivity index (χ0n) is 21.7. The second-order valence-electron chi connectivity index (χ2n) is 8.72. The van der Waals surface area contributed by atoms with Gasteiger partial charge in [0.1, 0.15) is 18.1 Å². The zero-order valence-corrected chi connectivity index (χ0v) is 23.3. The average Bonchev–Trinajstić information content (AvgIpc) is 2.92. The summed E-state index contributed by atoms with van der Waals surface area (Å²) in [5.41, 5.74) is 6.95. The van der Waals surface area contributed by atoms with E-state index in [4.69, 9.17) is 32.6 Å². The van der Waals surface area contributed by atoms with E-state index in [1.807, 2.05) is 0 Å². The van der Waals surface area contributed by atoms with Gasteiger partial charge in [-0.2, -0.15) is 0 Å². The van der Waals surface area contributed by atoms with Crippen LogP contribution in [0.2, 0.25) is 5.02 Å². The predicted molar refractivity (Wildman–Crippen MR) is 152 cm³/mol. The molecule has 0 fully saturated rings. The number of amidine groups is 1. The molecule has 0 aliphatic rings. The number of aliphatic carboxylic acids is 1. The van der Waals surface area contributed by atoms with Crippen molar-refractivity contribution in [3.05, 3.63) is 88.2 Å². The van der Waals surface area contributed by atoms with Gasteiger partial charge in [0.25, 0.3) is 11.8 Å². The van der Waals surface area contributed by atoms with Crippen molar-refractivity contribution in [3.8, 4) is 5.75 Å². The molecule has 41 heavy (non-hydrogen) atoms. The number of pyridine rings is 1. The minimum Gasteiger partial charge on any atom is -0.483 e. The van der Waals surface area contributed by atoms with Gasteiger partial charge in [-0.05, 0) is 36.4 Å². The van der Waals surface area contributed by atoms with Gasteiger partial charge >= 0.3 is 5.97 Å². The number of rotatable bonds is 13. The third-order valence-corrected chi connectivity index (χ3v) is 6.89. The molecule has 0 radical (unpaired) electrons. The van der Waals surface area contributed by atoms with E-state index in [-0.39, 0.29) is 40.1 Å². The number of nitrogens with two attached hydrogens (primary N) is 1. The van der Waals surface area contributed by atoms with Crippen LogP contribution in [-0.4, -0.2) is 61.5 Å². The number of carboxylic acids is 1. The van der Waals surface area contributed by atoms with Crippen molar-refractivity contribution in [1.29, 1.82) is 5.41 Å². The molecule has 1 heterocycles. The lowest BCUT2D eigenvalue weighted by atomic mass is 10.1. The van der Waals surface area contributed by atoms with E-state index in [1.165, 1.54) is 36.5 Å². The van der Waals surface area contributed by atoms with E-state index in [1.54, 1.807) is 24.3 Å². The maximum absolute atomic E-state index is 13.0. The maximum Gasteiger partial charge on any atom is 0.322 e. The van der Waals surface area contributed by atoms with Gasteiger partial charge in [-0.3, -0.25) is 24.8 Å². The summed E-state index contributed by atoms with van der Waals surface area (Å²) in [5, 5.41) is 23.1. The minimum absolute atomic E-state index is 0.0712. The summed E-state index contributed by atoms with van der Waals surface area (Å²) in [6.45, 7) is -1.17. The summed E-state index contributed by atoms with van der Waals surface area (Å²) >= 11 is 6.23. The molecule has 2 amide bonds. The summed E-state index contributed by atoms with van der Waals surface area (Å²) < 4.78 is 30.4. The van der Waals surface area contributed by atoms with E-state index in [2.05, 4.69) is 20.9 Å². The number of hydrogen-bond acceptors (Lipinski definition) is 9. The van der Waals surface area contributed by atoms with Crippen LogP contribution in [-0.2, 0) is 26.0 Å². The van der Waals surface area contributed by atoms with Crippen molar-refractivity contribution in [2.24, 2.45) is 5.73 Å². The van der Waals surface area contributed by atoms with E-state index < -0.39 is 46.1 Å². The normalized spacial score (nSPS) is 11.7. The van der Waals surface area contributed by atoms with Crippen LogP contribution in [0.5, 0.6) is 5.75 Å². The summed E-state index contributed by atoms with van der Waals surface area (Å²) in [4.78, 5) is 39.7. The zero-order chi connectivity index (χ0) is 30.2. The summed E-state index contributed by atoms with van der Waals surface area (Å²) in [6.07, 6.45) is 2.53. The van der Waals surface area contributed by atoms with Gasteiger partial charge in [0.05, 0.1) is 5.69 Å². The molecule has 216 valence electrons. The molecule has 3 aromatic rings. The van der Waals surface area contributed by atoms with Crippen LogP contribution in [0.15, 0.2) is 60.8 Å². The molecule has 15 heteroatoms. The molecule has 3 rings (SSSR count). The lowest BCUT2D eigenvalue weighted by Gasteiger charge is -2.18. The maximum atomic E-state index is 13.0. The first kappa shape index (κ1) is 30.8. The fourth-order valence-corrected chi connectivity index (χ4v) is 4.70. The number of carbonyl (C=O) groups excluding carboxylic acids is 2. The largest absolute Gasteiger partial charge is 0.483 e. The first-order chi connectivity index (χ1) is 19.3. The highest BCUT2D eigenvalue weighted by atomic mass is 35.5. The number of aromatic nitrogens is 1. The third-order valence-electron chi connectivity index (χ3n) is 5.46. The number of nitrogens with one attached hydrogen (secondary N) is 4. The number of halogens is 1. The Morgan fingerprint density at radius 2 is 1.85 bits per heavy atom. The Balaban J connectivity index is 1.77. The molecule has 0 bridgehead atoms. The summed E-state index contributed by atoms with van der Waals surface area (Å²) in [6, 6.07) is 13.7. The van der Waals surface area contributed by atoms with Crippen molar-refractivity contribution in [3.63, 3.8) is 0 Å². The Morgan fingerprint density at radius 1 is 1.10 bits per heavy atom. The number of carbonyl (C=O) groups is 3. The number of nitrogens with zero attached hydrogens (tertiary/aromatic N) is 1.